The molecule has 5 nitrogen and oxygen atoms in total. The van der Waals surface area contributed by atoms with Crippen LogP contribution in [0.4, 0.5) is 11.5 Å². The minimum Gasteiger partial charge on any atom is -0.508 e. The highest BCUT2D eigenvalue weighted by atomic mass is 16.3. The summed E-state index contributed by atoms with van der Waals surface area (Å²) in [5.74, 6) is 0.880. The van der Waals surface area contributed by atoms with Gasteiger partial charge in [-0.3, -0.25) is 0 Å². The molecule has 0 amide bonds. The number of aromatic hydroxyl groups is 2. The molecule has 0 unspecified atom stereocenters. The molecule has 5 heteroatoms. The second-order valence-electron chi connectivity index (χ2n) is 5.62. The number of azo groups is 1. The third-order valence-electron chi connectivity index (χ3n) is 4.08. The zero-order valence-corrected chi connectivity index (χ0v) is 12.3. The van der Waals surface area contributed by atoms with E-state index in [0.29, 0.717) is 17.4 Å². The largest absolute Gasteiger partial charge is 0.508 e. The molecule has 1 aromatic heterocycles. The first-order valence-electron chi connectivity index (χ1n) is 7.62. The molecule has 2 aromatic rings. The Labute approximate surface area is 129 Å². The number of phenolic OH excluding ortho intramolecular Hbond substituents is 2. The quantitative estimate of drug-likeness (QED) is 0.786. The Morgan fingerprint density at radius 1 is 0.955 bits per heavy atom. The average molecular weight is 297 g/mol. The summed E-state index contributed by atoms with van der Waals surface area (Å²) in [5.41, 5.74) is 1.22. The number of nitrogens with zero attached hydrogens (tertiary/aromatic N) is 3. The highest BCUT2D eigenvalue weighted by molar-refractivity contribution is 5.58. The van der Waals surface area contributed by atoms with Crippen LogP contribution in [0.15, 0.2) is 46.8 Å². The molecule has 1 saturated carbocycles. The van der Waals surface area contributed by atoms with Crippen molar-refractivity contribution in [2.45, 2.75) is 38.0 Å². The van der Waals surface area contributed by atoms with E-state index < -0.39 is 0 Å². The SMILES string of the molecule is Oc1cc(O)c(C2CCCCC2)cc1N=Nc1ccccn1. The van der Waals surface area contributed by atoms with E-state index in [-0.39, 0.29) is 11.5 Å². The first-order chi connectivity index (χ1) is 10.7. The van der Waals surface area contributed by atoms with Crippen molar-refractivity contribution in [1.29, 1.82) is 0 Å². The van der Waals surface area contributed by atoms with Gasteiger partial charge in [0.05, 0.1) is 0 Å². The molecule has 3 rings (SSSR count). The molecule has 1 aromatic carbocycles. The van der Waals surface area contributed by atoms with Gasteiger partial charge in [0.25, 0.3) is 0 Å². The first-order valence-corrected chi connectivity index (χ1v) is 7.62. The third-order valence-corrected chi connectivity index (χ3v) is 4.08. The van der Waals surface area contributed by atoms with Crippen LogP contribution < -0.4 is 0 Å². The van der Waals surface area contributed by atoms with Gasteiger partial charge >= 0.3 is 0 Å². The standard InChI is InChI=1S/C17H19N3O2/c21-15-11-16(22)14(19-20-17-8-4-5-9-18-17)10-13(15)12-6-2-1-3-7-12/h4-5,8-12,21-22H,1-3,6-7H2. The number of pyridine rings is 1. The van der Waals surface area contributed by atoms with Crippen molar-refractivity contribution >= 4 is 11.5 Å². The van der Waals surface area contributed by atoms with Crippen LogP contribution in [-0.2, 0) is 0 Å². The molecule has 114 valence electrons. The van der Waals surface area contributed by atoms with Crippen molar-refractivity contribution in [3.8, 4) is 11.5 Å². The van der Waals surface area contributed by atoms with Crippen molar-refractivity contribution < 1.29 is 10.2 Å². The van der Waals surface area contributed by atoms with E-state index in [1.165, 1.54) is 25.3 Å². The summed E-state index contributed by atoms with van der Waals surface area (Å²) < 4.78 is 0. The number of hydrogen-bond donors (Lipinski definition) is 2. The van der Waals surface area contributed by atoms with Gasteiger partial charge in [0, 0.05) is 12.3 Å². The van der Waals surface area contributed by atoms with Gasteiger partial charge in [0.1, 0.15) is 17.2 Å². The molecular weight excluding hydrogens is 278 g/mol. The van der Waals surface area contributed by atoms with Crippen molar-refractivity contribution in [1.82, 2.24) is 4.98 Å². The lowest BCUT2D eigenvalue weighted by Crippen LogP contribution is -2.04. The molecule has 1 aliphatic carbocycles. The Kier molecular flexibility index (Phi) is 4.32. The van der Waals surface area contributed by atoms with E-state index in [1.807, 2.05) is 6.07 Å². The lowest BCUT2D eigenvalue weighted by Gasteiger charge is -2.23. The lowest BCUT2D eigenvalue weighted by atomic mass is 9.83. The van der Waals surface area contributed by atoms with E-state index in [2.05, 4.69) is 15.2 Å². The fourth-order valence-corrected chi connectivity index (χ4v) is 2.92. The molecule has 1 fully saturated rings. The molecule has 0 radical (unpaired) electrons. The second-order valence-corrected chi connectivity index (χ2v) is 5.62. The highest BCUT2D eigenvalue weighted by Gasteiger charge is 2.20. The Morgan fingerprint density at radius 2 is 1.77 bits per heavy atom. The molecular formula is C17H19N3O2. The number of hydrogen-bond acceptors (Lipinski definition) is 5. The van der Waals surface area contributed by atoms with Gasteiger partial charge < -0.3 is 10.2 Å². The molecule has 22 heavy (non-hydrogen) atoms. The van der Waals surface area contributed by atoms with Crippen molar-refractivity contribution in [2.75, 3.05) is 0 Å². The van der Waals surface area contributed by atoms with Crippen LogP contribution in [0.1, 0.15) is 43.6 Å². The molecule has 0 saturated heterocycles. The zero-order valence-electron chi connectivity index (χ0n) is 12.3. The van der Waals surface area contributed by atoms with Gasteiger partial charge in [-0.15, -0.1) is 10.2 Å². The molecule has 0 atom stereocenters. The summed E-state index contributed by atoms with van der Waals surface area (Å²) in [4.78, 5) is 4.06. The van der Waals surface area contributed by atoms with E-state index in [0.717, 1.165) is 18.4 Å². The second kappa shape index (κ2) is 6.56. The number of aromatic nitrogens is 1. The van der Waals surface area contributed by atoms with Crippen LogP contribution in [0.3, 0.4) is 0 Å². The fraction of sp³-hybridized carbons (Fsp3) is 0.353. The summed E-state index contributed by atoms with van der Waals surface area (Å²) in [6, 6.07) is 8.47. The third kappa shape index (κ3) is 3.24. The number of benzene rings is 1. The van der Waals surface area contributed by atoms with E-state index in [1.54, 1.807) is 24.4 Å². The maximum atomic E-state index is 10.1. The topological polar surface area (TPSA) is 78.1 Å². The fourth-order valence-electron chi connectivity index (χ4n) is 2.92. The minimum atomic E-state index is -0.0725. The predicted octanol–water partition coefficient (Wildman–Crippen LogP) is 4.96. The van der Waals surface area contributed by atoms with Gasteiger partial charge in [0.15, 0.2) is 5.82 Å². The van der Waals surface area contributed by atoms with Crippen LogP contribution >= 0.6 is 0 Å². The summed E-state index contributed by atoms with van der Waals surface area (Å²) in [7, 11) is 0. The zero-order chi connectivity index (χ0) is 15.4. The lowest BCUT2D eigenvalue weighted by molar-refractivity contribution is 0.409. The number of rotatable bonds is 3. The Morgan fingerprint density at radius 3 is 2.50 bits per heavy atom. The maximum absolute atomic E-state index is 10.1. The van der Waals surface area contributed by atoms with Gasteiger partial charge in [-0.05, 0) is 42.5 Å². The Balaban J connectivity index is 1.89. The normalized spacial score (nSPS) is 16.2. The van der Waals surface area contributed by atoms with Gasteiger partial charge in [-0.25, -0.2) is 4.98 Å². The molecule has 1 aliphatic rings. The Bertz CT molecular complexity index is 665. The van der Waals surface area contributed by atoms with Crippen LogP contribution in [-0.4, -0.2) is 15.2 Å². The van der Waals surface area contributed by atoms with E-state index in [4.69, 9.17) is 0 Å². The van der Waals surface area contributed by atoms with Crippen LogP contribution in [0.5, 0.6) is 11.5 Å². The summed E-state index contributed by atoms with van der Waals surface area (Å²) >= 11 is 0. The highest BCUT2D eigenvalue weighted by Crippen LogP contribution is 2.42. The Hall–Kier alpha value is -2.43. The molecule has 0 aliphatic heterocycles. The van der Waals surface area contributed by atoms with Crippen LogP contribution in [0.2, 0.25) is 0 Å². The number of phenols is 2. The molecule has 0 bridgehead atoms. The monoisotopic (exact) mass is 297 g/mol. The maximum Gasteiger partial charge on any atom is 0.174 e. The van der Waals surface area contributed by atoms with Gasteiger partial charge in [0.2, 0.25) is 0 Å². The van der Waals surface area contributed by atoms with Crippen molar-refractivity contribution in [2.24, 2.45) is 10.2 Å². The summed E-state index contributed by atoms with van der Waals surface area (Å²) in [6.45, 7) is 0. The minimum absolute atomic E-state index is 0.0725. The first kappa shape index (κ1) is 14.5. The van der Waals surface area contributed by atoms with E-state index >= 15 is 0 Å². The van der Waals surface area contributed by atoms with Crippen LogP contribution in [0.25, 0.3) is 0 Å². The average Bonchev–Trinajstić information content (AvgIpc) is 2.56. The smallest absolute Gasteiger partial charge is 0.174 e. The molecule has 1 heterocycles. The molecule has 0 spiro atoms. The summed E-state index contributed by atoms with van der Waals surface area (Å²) in [6.07, 6.45) is 7.37. The van der Waals surface area contributed by atoms with Crippen molar-refractivity contribution in [3.05, 3.63) is 42.1 Å². The predicted molar refractivity (Wildman–Crippen MR) is 84.0 cm³/mol. The summed E-state index contributed by atoms with van der Waals surface area (Å²) in [5, 5.41) is 28.2. The van der Waals surface area contributed by atoms with Crippen LogP contribution in [0, 0.1) is 0 Å². The van der Waals surface area contributed by atoms with Gasteiger partial charge in [-0.2, -0.15) is 0 Å². The molecule has 2 N–H and O–H groups in total. The van der Waals surface area contributed by atoms with Gasteiger partial charge in [-0.1, -0.05) is 25.3 Å². The van der Waals surface area contributed by atoms with E-state index in [9.17, 15) is 10.2 Å². The van der Waals surface area contributed by atoms with Crippen molar-refractivity contribution in [3.63, 3.8) is 0 Å².